The zero-order valence-electron chi connectivity index (χ0n) is 14.8. The third-order valence-corrected chi connectivity index (χ3v) is 5.54. The average molecular weight is 356 g/mol. The normalized spacial score (nSPS) is 22.3. The fourth-order valence-electron chi connectivity index (χ4n) is 2.79. The zero-order valence-corrected chi connectivity index (χ0v) is 15.6. The summed E-state index contributed by atoms with van der Waals surface area (Å²) in [4.78, 5) is 38.1. The maximum Gasteiger partial charge on any atom is 0.330 e. The van der Waals surface area contributed by atoms with Gasteiger partial charge in [-0.2, -0.15) is 0 Å². The van der Waals surface area contributed by atoms with E-state index in [1.807, 2.05) is 0 Å². The Hall–Kier alpha value is -1.24. The van der Waals surface area contributed by atoms with Crippen molar-refractivity contribution in [2.75, 3.05) is 18.2 Å². The van der Waals surface area contributed by atoms with Gasteiger partial charge in [0.1, 0.15) is 6.04 Å². The number of carbonyl (C=O) groups excluding carboxylic acids is 3. The predicted octanol–water partition coefficient (Wildman–Crippen LogP) is 2.56. The third-order valence-electron chi connectivity index (χ3n) is 4.53. The van der Waals surface area contributed by atoms with Crippen LogP contribution < -0.4 is 5.32 Å². The Balaban J connectivity index is 1.85. The molecule has 2 rings (SSSR count). The maximum atomic E-state index is 12.5. The van der Waals surface area contributed by atoms with E-state index in [0.29, 0.717) is 11.6 Å². The molecule has 1 aliphatic carbocycles. The van der Waals surface area contributed by atoms with E-state index in [4.69, 9.17) is 4.74 Å². The first-order chi connectivity index (χ1) is 11.3. The predicted molar refractivity (Wildman–Crippen MR) is 93.8 cm³/mol. The lowest BCUT2D eigenvalue weighted by molar-refractivity contribution is -0.153. The molecule has 2 aliphatic rings. The number of carbonyl (C=O) groups is 3. The zero-order chi connectivity index (χ0) is 17.7. The Morgan fingerprint density at radius 2 is 1.83 bits per heavy atom. The first-order valence-corrected chi connectivity index (χ1v) is 9.79. The van der Waals surface area contributed by atoms with Crippen LogP contribution in [0.4, 0.5) is 4.79 Å². The molecule has 0 radical (unpaired) electrons. The van der Waals surface area contributed by atoms with Gasteiger partial charge in [-0.05, 0) is 12.8 Å². The van der Waals surface area contributed by atoms with E-state index in [2.05, 4.69) is 5.32 Å². The molecule has 1 N–H and O–H groups in total. The fourth-order valence-corrected chi connectivity index (χ4v) is 3.93. The quantitative estimate of drug-likeness (QED) is 0.784. The fraction of sp³-hybridized carbons (Fsp3) is 0.824. The number of rotatable bonds is 4. The first-order valence-electron chi connectivity index (χ1n) is 8.64. The molecule has 136 valence electrons. The van der Waals surface area contributed by atoms with Crippen LogP contribution in [0.3, 0.4) is 0 Å². The minimum atomic E-state index is -0.605. The van der Waals surface area contributed by atoms with Gasteiger partial charge in [-0.25, -0.2) is 9.59 Å². The summed E-state index contributed by atoms with van der Waals surface area (Å²) in [5.41, 5.74) is -0.539. The number of hydrogen-bond acceptors (Lipinski definition) is 5. The maximum absolute atomic E-state index is 12.5. The summed E-state index contributed by atoms with van der Waals surface area (Å²) in [5.74, 6) is 0.378. The highest BCUT2D eigenvalue weighted by Crippen LogP contribution is 2.24. The number of Topliss-reactive ketones (excluding diaryl/α,β-unsaturated/α-hetero) is 1. The number of hydrogen-bond donors (Lipinski definition) is 1. The molecule has 1 saturated carbocycles. The van der Waals surface area contributed by atoms with Crippen molar-refractivity contribution in [3.8, 4) is 0 Å². The van der Waals surface area contributed by atoms with E-state index in [1.54, 1.807) is 20.8 Å². The van der Waals surface area contributed by atoms with Gasteiger partial charge >= 0.3 is 12.0 Å². The van der Waals surface area contributed by atoms with Crippen LogP contribution in [0.2, 0.25) is 0 Å². The molecule has 0 aromatic heterocycles. The van der Waals surface area contributed by atoms with Crippen LogP contribution in [0.15, 0.2) is 0 Å². The summed E-state index contributed by atoms with van der Waals surface area (Å²) in [6.07, 6.45) is 5.51. The molecule has 6 nitrogen and oxygen atoms in total. The summed E-state index contributed by atoms with van der Waals surface area (Å²) in [6.45, 7) is 5.14. The standard InChI is InChI=1S/C17H28N2O4S/c1-17(2,3)14(20)9-23-15(21)13-10-24-11-19(13)16(22)18-12-7-5-4-6-8-12/h12-13H,4-11H2,1-3H3,(H,18,22)/t13-/m0/s1. The lowest BCUT2D eigenvalue weighted by Gasteiger charge is -2.28. The Bertz CT molecular complexity index is 483. The summed E-state index contributed by atoms with van der Waals surface area (Å²) in [7, 11) is 0. The topological polar surface area (TPSA) is 75.7 Å². The SMILES string of the molecule is CC(C)(C)C(=O)COC(=O)[C@@H]1CSCN1C(=O)NC1CCCCC1. The largest absolute Gasteiger partial charge is 0.456 e. The van der Waals surface area contributed by atoms with Crippen LogP contribution in [-0.2, 0) is 14.3 Å². The number of urea groups is 1. The Kier molecular flexibility index (Phi) is 6.54. The highest BCUT2D eigenvalue weighted by atomic mass is 32.2. The van der Waals surface area contributed by atoms with Crippen molar-refractivity contribution >= 4 is 29.5 Å². The summed E-state index contributed by atoms with van der Waals surface area (Å²) >= 11 is 1.53. The van der Waals surface area contributed by atoms with Gasteiger partial charge in [-0.1, -0.05) is 40.0 Å². The van der Waals surface area contributed by atoms with Gasteiger partial charge in [0.15, 0.2) is 12.4 Å². The van der Waals surface area contributed by atoms with Crippen LogP contribution >= 0.6 is 11.8 Å². The minimum absolute atomic E-state index is 0.125. The van der Waals surface area contributed by atoms with Gasteiger partial charge in [0, 0.05) is 17.2 Å². The van der Waals surface area contributed by atoms with Gasteiger partial charge in [0.2, 0.25) is 0 Å². The van der Waals surface area contributed by atoms with E-state index >= 15 is 0 Å². The van der Waals surface area contributed by atoms with Crippen molar-refractivity contribution in [1.29, 1.82) is 0 Å². The molecule has 1 saturated heterocycles. The third kappa shape index (κ3) is 5.13. The molecule has 1 atom stereocenters. The van der Waals surface area contributed by atoms with Crippen molar-refractivity contribution < 1.29 is 19.1 Å². The van der Waals surface area contributed by atoms with Crippen molar-refractivity contribution in [2.24, 2.45) is 5.41 Å². The molecule has 1 aliphatic heterocycles. The number of thioether (sulfide) groups is 1. The molecule has 0 bridgehead atoms. The second kappa shape index (κ2) is 8.23. The van der Waals surface area contributed by atoms with Crippen LogP contribution in [0.25, 0.3) is 0 Å². The van der Waals surface area contributed by atoms with Crippen LogP contribution in [0, 0.1) is 5.41 Å². The minimum Gasteiger partial charge on any atom is -0.456 e. The molecular formula is C17H28N2O4S. The second-order valence-electron chi connectivity index (χ2n) is 7.55. The van der Waals surface area contributed by atoms with Gasteiger partial charge < -0.3 is 15.0 Å². The molecule has 7 heteroatoms. The van der Waals surface area contributed by atoms with Gasteiger partial charge in [-0.15, -0.1) is 11.8 Å². The van der Waals surface area contributed by atoms with E-state index in [1.165, 1.54) is 23.1 Å². The highest BCUT2D eigenvalue weighted by Gasteiger charge is 2.37. The van der Waals surface area contributed by atoms with E-state index < -0.39 is 17.4 Å². The summed E-state index contributed by atoms with van der Waals surface area (Å²) in [6, 6.07) is -0.599. The number of ketones is 1. The number of nitrogens with zero attached hydrogens (tertiary/aromatic N) is 1. The molecule has 0 aromatic rings. The molecule has 1 heterocycles. The van der Waals surface area contributed by atoms with Crippen molar-refractivity contribution in [3.05, 3.63) is 0 Å². The van der Waals surface area contributed by atoms with Crippen molar-refractivity contribution in [1.82, 2.24) is 10.2 Å². The Labute approximate surface area is 148 Å². The molecule has 0 spiro atoms. The number of ether oxygens (including phenoxy) is 1. The number of nitrogens with one attached hydrogen (secondary N) is 1. The summed E-state index contributed by atoms with van der Waals surface area (Å²) in [5, 5.41) is 3.03. The van der Waals surface area contributed by atoms with E-state index in [9.17, 15) is 14.4 Å². The molecule has 0 aromatic carbocycles. The molecule has 24 heavy (non-hydrogen) atoms. The average Bonchev–Trinajstić information content (AvgIpc) is 3.02. The van der Waals surface area contributed by atoms with Crippen molar-refractivity contribution in [3.63, 3.8) is 0 Å². The molecule has 0 unspecified atom stereocenters. The first kappa shape index (κ1) is 19.1. The lowest BCUT2D eigenvalue weighted by atomic mass is 9.91. The van der Waals surface area contributed by atoms with Crippen LogP contribution in [0.5, 0.6) is 0 Å². The number of amides is 2. The molecular weight excluding hydrogens is 328 g/mol. The molecule has 2 amide bonds. The van der Waals surface area contributed by atoms with Crippen LogP contribution in [0.1, 0.15) is 52.9 Å². The lowest BCUT2D eigenvalue weighted by Crippen LogP contribution is -2.50. The highest BCUT2D eigenvalue weighted by molar-refractivity contribution is 7.99. The number of esters is 1. The van der Waals surface area contributed by atoms with E-state index in [0.717, 1.165) is 25.7 Å². The summed E-state index contributed by atoms with van der Waals surface area (Å²) < 4.78 is 5.16. The van der Waals surface area contributed by atoms with Crippen molar-refractivity contribution in [2.45, 2.75) is 65.0 Å². The van der Waals surface area contributed by atoms with E-state index in [-0.39, 0.29) is 24.5 Å². The second-order valence-corrected chi connectivity index (χ2v) is 8.55. The molecule has 2 fully saturated rings. The van der Waals surface area contributed by atoms with Gasteiger partial charge in [0.05, 0.1) is 5.88 Å². The van der Waals surface area contributed by atoms with Gasteiger partial charge in [-0.3, -0.25) is 4.79 Å². The van der Waals surface area contributed by atoms with Gasteiger partial charge in [0.25, 0.3) is 0 Å². The Morgan fingerprint density at radius 3 is 2.46 bits per heavy atom. The Morgan fingerprint density at radius 1 is 1.17 bits per heavy atom. The smallest absolute Gasteiger partial charge is 0.330 e. The van der Waals surface area contributed by atoms with Crippen LogP contribution in [-0.4, -0.2) is 53.0 Å². The monoisotopic (exact) mass is 356 g/mol.